The Balaban J connectivity index is 1.91. The van der Waals surface area contributed by atoms with Gasteiger partial charge in [0.05, 0.1) is 5.52 Å². The summed E-state index contributed by atoms with van der Waals surface area (Å²) in [5.74, 6) is 0.906. The third-order valence-electron chi connectivity index (χ3n) is 3.31. The van der Waals surface area contributed by atoms with Crippen LogP contribution < -0.4 is 4.74 Å². The van der Waals surface area contributed by atoms with Crippen molar-refractivity contribution in [1.29, 1.82) is 0 Å². The largest absolute Gasteiger partial charge is 0.489 e. The number of aryl methyl sites for hydroxylation is 2. The van der Waals surface area contributed by atoms with Gasteiger partial charge < -0.3 is 4.74 Å². The highest BCUT2D eigenvalue weighted by molar-refractivity contribution is 5.82. The van der Waals surface area contributed by atoms with Crippen molar-refractivity contribution in [2.24, 2.45) is 0 Å². The normalized spacial score (nSPS) is 10.7. The molecule has 0 N–H and O–H groups in total. The summed E-state index contributed by atoms with van der Waals surface area (Å²) in [4.78, 5) is 4.55. The molecule has 3 rings (SSSR count). The highest BCUT2D eigenvalue weighted by Gasteiger charge is 2.04. The van der Waals surface area contributed by atoms with E-state index in [-0.39, 0.29) is 0 Å². The fraction of sp³-hybridized carbons (Fsp3) is 0.167. The lowest BCUT2D eigenvalue weighted by atomic mass is 10.1. The lowest BCUT2D eigenvalue weighted by Gasteiger charge is -2.10. The van der Waals surface area contributed by atoms with Crippen LogP contribution in [0.15, 0.2) is 54.6 Å². The van der Waals surface area contributed by atoms with Crippen molar-refractivity contribution in [3.8, 4) is 5.75 Å². The summed E-state index contributed by atoms with van der Waals surface area (Å²) in [6.07, 6.45) is 0. The van der Waals surface area contributed by atoms with Crippen molar-refractivity contribution in [3.63, 3.8) is 0 Å². The number of benzene rings is 2. The van der Waals surface area contributed by atoms with Gasteiger partial charge in [-0.2, -0.15) is 0 Å². The van der Waals surface area contributed by atoms with E-state index in [4.69, 9.17) is 4.74 Å². The molecular formula is C18H17NO. The average Bonchev–Trinajstić information content (AvgIpc) is 2.44. The van der Waals surface area contributed by atoms with E-state index in [1.54, 1.807) is 0 Å². The van der Waals surface area contributed by atoms with E-state index in [2.05, 4.69) is 36.2 Å². The Kier molecular flexibility index (Phi) is 3.38. The van der Waals surface area contributed by atoms with Crippen LogP contribution in [0.3, 0.4) is 0 Å². The Morgan fingerprint density at radius 1 is 0.950 bits per heavy atom. The Labute approximate surface area is 119 Å². The van der Waals surface area contributed by atoms with E-state index in [0.717, 1.165) is 22.3 Å². The maximum atomic E-state index is 5.91. The first kappa shape index (κ1) is 12.7. The standard InChI is InChI=1S/C18H17NO/c1-13-6-5-7-16(10-13)20-12-15-11-14(2)19-18-9-4-3-8-17(15)18/h3-11H,12H2,1-2H3. The van der Waals surface area contributed by atoms with Gasteiger partial charge in [0.25, 0.3) is 0 Å². The van der Waals surface area contributed by atoms with Crippen molar-refractivity contribution in [3.05, 3.63) is 71.4 Å². The van der Waals surface area contributed by atoms with E-state index < -0.39 is 0 Å². The van der Waals surface area contributed by atoms with Gasteiger partial charge in [0.1, 0.15) is 12.4 Å². The molecule has 0 aliphatic carbocycles. The molecule has 1 heterocycles. The summed E-state index contributed by atoms with van der Waals surface area (Å²) in [6.45, 7) is 4.65. The van der Waals surface area contributed by atoms with Gasteiger partial charge in [-0.25, -0.2) is 0 Å². The van der Waals surface area contributed by atoms with E-state index in [0.29, 0.717) is 6.61 Å². The number of fused-ring (bicyclic) bond motifs is 1. The molecule has 0 fully saturated rings. The average molecular weight is 263 g/mol. The van der Waals surface area contributed by atoms with E-state index in [9.17, 15) is 0 Å². The molecule has 0 spiro atoms. The molecule has 0 aliphatic rings. The maximum Gasteiger partial charge on any atom is 0.120 e. The Hall–Kier alpha value is -2.35. The van der Waals surface area contributed by atoms with Crippen LogP contribution in [0.1, 0.15) is 16.8 Å². The molecule has 0 unspecified atom stereocenters. The van der Waals surface area contributed by atoms with Gasteiger partial charge in [-0.05, 0) is 43.7 Å². The molecule has 0 bridgehead atoms. The maximum absolute atomic E-state index is 5.91. The van der Waals surface area contributed by atoms with Crippen LogP contribution in [0, 0.1) is 13.8 Å². The zero-order chi connectivity index (χ0) is 13.9. The number of aromatic nitrogens is 1. The second kappa shape index (κ2) is 5.33. The molecule has 2 nitrogen and oxygen atoms in total. The van der Waals surface area contributed by atoms with Gasteiger partial charge in [-0.3, -0.25) is 4.98 Å². The van der Waals surface area contributed by atoms with Crippen LogP contribution >= 0.6 is 0 Å². The Morgan fingerprint density at radius 2 is 1.80 bits per heavy atom. The number of nitrogens with zero attached hydrogens (tertiary/aromatic N) is 1. The summed E-state index contributed by atoms with van der Waals surface area (Å²) in [5.41, 5.74) is 4.43. The quantitative estimate of drug-likeness (QED) is 0.697. The van der Waals surface area contributed by atoms with E-state index in [1.807, 2.05) is 37.3 Å². The van der Waals surface area contributed by atoms with Crippen LogP contribution in [-0.2, 0) is 6.61 Å². The molecule has 0 radical (unpaired) electrons. The van der Waals surface area contributed by atoms with Crippen molar-refractivity contribution in [2.75, 3.05) is 0 Å². The van der Waals surface area contributed by atoms with Crippen molar-refractivity contribution >= 4 is 10.9 Å². The second-order valence-electron chi connectivity index (χ2n) is 5.05. The van der Waals surface area contributed by atoms with Gasteiger partial charge in [-0.15, -0.1) is 0 Å². The van der Waals surface area contributed by atoms with Crippen molar-refractivity contribution in [1.82, 2.24) is 4.98 Å². The molecule has 0 saturated carbocycles. The molecule has 0 atom stereocenters. The third kappa shape index (κ3) is 2.64. The molecule has 3 aromatic rings. The third-order valence-corrected chi connectivity index (χ3v) is 3.31. The molecule has 0 amide bonds. The SMILES string of the molecule is Cc1cccc(OCc2cc(C)nc3ccccc23)c1. The Morgan fingerprint density at radius 3 is 2.65 bits per heavy atom. The van der Waals surface area contributed by atoms with Crippen LogP contribution in [0.2, 0.25) is 0 Å². The number of pyridine rings is 1. The molecule has 0 saturated heterocycles. The first-order valence-electron chi connectivity index (χ1n) is 6.77. The topological polar surface area (TPSA) is 22.1 Å². The molecule has 100 valence electrons. The van der Waals surface area contributed by atoms with Crippen LogP contribution in [0.5, 0.6) is 5.75 Å². The van der Waals surface area contributed by atoms with Gasteiger partial charge in [0, 0.05) is 16.6 Å². The van der Waals surface area contributed by atoms with Gasteiger partial charge in [-0.1, -0.05) is 30.3 Å². The highest BCUT2D eigenvalue weighted by Crippen LogP contribution is 2.21. The van der Waals surface area contributed by atoms with Gasteiger partial charge >= 0.3 is 0 Å². The zero-order valence-electron chi connectivity index (χ0n) is 11.8. The first-order valence-corrected chi connectivity index (χ1v) is 6.77. The second-order valence-corrected chi connectivity index (χ2v) is 5.05. The molecule has 2 heteroatoms. The summed E-state index contributed by atoms with van der Waals surface area (Å²) < 4.78 is 5.91. The number of para-hydroxylation sites is 1. The van der Waals surface area contributed by atoms with Crippen LogP contribution in [0.25, 0.3) is 10.9 Å². The number of hydrogen-bond acceptors (Lipinski definition) is 2. The summed E-state index contributed by atoms with van der Waals surface area (Å²) in [6, 6.07) is 18.4. The minimum Gasteiger partial charge on any atom is -0.489 e. The first-order chi connectivity index (χ1) is 9.72. The Bertz CT molecular complexity index is 749. The molecule has 1 aromatic heterocycles. The summed E-state index contributed by atoms with van der Waals surface area (Å²) >= 11 is 0. The van der Waals surface area contributed by atoms with Crippen molar-refractivity contribution < 1.29 is 4.74 Å². The van der Waals surface area contributed by atoms with E-state index >= 15 is 0 Å². The van der Waals surface area contributed by atoms with Crippen LogP contribution in [-0.4, -0.2) is 4.98 Å². The molecule has 0 aliphatic heterocycles. The molecule has 20 heavy (non-hydrogen) atoms. The molecule has 2 aromatic carbocycles. The summed E-state index contributed by atoms with van der Waals surface area (Å²) in [7, 11) is 0. The monoisotopic (exact) mass is 263 g/mol. The number of hydrogen-bond donors (Lipinski definition) is 0. The van der Waals surface area contributed by atoms with E-state index in [1.165, 1.54) is 11.1 Å². The number of rotatable bonds is 3. The van der Waals surface area contributed by atoms with Gasteiger partial charge in [0.2, 0.25) is 0 Å². The van der Waals surface area contributed by atoms with Crippen LogP contribution in [0.4, 0.5) is 0 Å². The highest BCUT2D eigenvalue weighted by atomic mass is 16.5. The summed E-state index contributed by atoms with van der Waals surface area (Å²) in [5, 5.41) is 1.16. The number of ether oxygens (including phenoxy) is 1. The van der Waals surface area contributed by atoms with Crippen molar-refractivity contribution in [2.45, 2.75) is 20.5 Å². The predicted molar refractivity (Wildman–Crippen MR) is 82.0 cm³/mol. The molecular weight excluding hydrogens is 246 g/mol. The minimum absolute atomic E-state index is 0.563. The fourth-order valence-corrected chi connectivity index (χ4v) is 2.38. The fourth-order valence-electron chi connectivity index (χ4n) is 2.38. The van der Waals surface area contributed by atoms with Gasteiger partial charge in [0.15, 0.2) is 0 Å². The zero-order valence-corrected chi connectivity index (χ0v) is 11.8. The minimum atomic E-state index is 0.563. The lowest BCUT2D eigenvalue weighted by Crippen LogP contribution is -1.98. The lowest BCUT2D eigenvalue weighted by molar-refractivity contribution is 0.307. The smallest absolute Gasteiger partial charge is 0.120 e. The predicted octanol–water partition coefficient (Wildman–Crippen LogP) is 4.43.